The fourth-order valence-electron chi connectivity index (χ4n) is 1.41. The van der Waals surface area contributed by atoms with Crippen LogP contribution in [0.2, 0.25) is 0 Å². The summed E-state index contributed by atoms with van der Waals surface area (Å²) in [6.07, 6.45) is 1.05. The summed E-state index contributed by atoms with van der Waals surface area (Å²) in [6, 6.07) is -0.220. The zero-order valence-electron chi connectivity index (χ0n) is 12.2. The van der Waals surface area contributed by atoms with E-state index in [0.29, 0.717) is 6.54 Å². The van der Waals surface area contributed by atoms with Gasteiger partial charge in [0.2, 0.25) is 5.91 Å². The smallest absolute Gasteiger partial charge is 0.325 e. The summed E-state index contributed by atoms with van der Waals surface area (Å²) in [5, 5.41) is 0. The van der Waals surface area contributed by atoms with Gasteiger partial charge in [0.1, 0.15) is 6.54 Å². The van der Waals surface area contributed by atoms with Crippen molar-refractivity contribution in [3.63, 3.8) is 0 Å². The van der Waals surface area contributed by atoms with Crippen molar-refractivity contribution in [2.24, 2.45) is 11.1 Å². The zero-order chi connectivity index (χ0) is 14.3. The second kappa shape index (κ2) is 7.36. The molecule has 0 bridgehead atoms. The SMILES string of the molecule is CCCN(CC(=O)OC)C(=O)CC(N)C(C)(C)C. The van der Waals surface area contributed by atoms with Gasteiger partial charge in [0.05, 0.1) is 7.11 Å². The van der Waals surface area contributed by atoms with Crippen molar-refractivity contribution in [1.29, 1.82) is 0 Å². The number of nitrogens with two attached hydrogens (primary N) is 1. The number of carbonyl (C=O) groups is 2. The van der Waals surface area contributed by atoms with E-state index in [9.17, 15) is 9.59 Å². The first-order chi connectivity index (χ1) is 8.22. The highest BCUT2D eigenvalue weighted by molar-refractivity contribution is 5.82. The monoisotopic (exact) mass is 258 g/mol. The molecule has 0 aromatic carbocycles. The highest BCUT2D eigenvalue weighted by Gasteiger charge is 2.26. The molecule has 0 spiro atoms. The van der Waals surface area contributed by atoms with E-state index in [2.05, 4.69) is 4.74 Å². The van der Waals surface area contributed by atoms with Gasteiger partial charge >= 0.3 is 5.97 Å². The van der Waals surface area contributed by atoms with Gasteiger partial charge in [-0.15, -0.1) is 0 Å². The van der Waals surface area contributed by atoms with Crippen LogP contribution in [0.25, 0.3) is 0 Å². The van der Waals surface area contributed by atoms with Crippen molar-refractivity contribution in [2.45, 2.75) is 46.6 Å². The molecule has 0 aromatic heterocycles. The lowest BCUT2D eigenvalue weighted by Gasteiger charge is -2.29. The van der Waals surface area contributed by atoms with Crippen molar-refractivity contribution >= 4 is 11.9 Å². The first-order valence-electron chi connectivity index (χ1n) is 6.32. The van der Waals surface area contributed by atoms with Gasteiger partial charge in [-0.3, -0.25) is 9.59 Å². The molecule has 0 saturated carbocycles. The molecule has 5 nitrogen and oxygen atoms in total. The minimum Gasteiger partial charge on any atom is -0.468 e. The number of carbonyl (C=O) groups excluding carboxylic acids is 2. The Bertz CT molecular complexity index is 284. The standard InChI is InChI=1S/C13H26N2O3/c1-6-7-15(9-12(17)18-5)11(16)8-10(14)13(2,3)4/h10H,6-9,14H2,1-5H3. The highest BCUT2D eigenvalue weighted by Crippen LogP contribution is 2.20. The molecular weight excluding hydrogens is 232 g/mol. The second-order valence-corrected chi connectivity index (χ2v) is 5.57. The van der Waals surface area contributed by atoms with Gasteiger partial charge in [0.25, 0.3) is 0 Å². The maximum absolute atomic E-state index is 12.1. The van der Waals surface area contributed by atoms with Crippen molar-refractivity contribution in [3.8, 4) is 0 Å². The third kappa shape index (κ3) is 6.00. The maximum Gasteiger partial charge on any atom is 0.325 e. The number of rotatable bonds is 6. The van der Waals surface area contributed by atoms with Crippen LogP contribution in [0.4, 0.5) is 0 Å². The first-order valence-corrected chi connectivity index (χ1v) is 6.32. The fourth-order valence-corrected chi connectivity index (χ4v) is 1.41. The van der Waals surface area contributed by atoms with E-state index in [1.807, 2.05) is 27.7 Å². The number of nitrogens with zero attached hydrogens (tertiary/aromatic N) is 1. The van der Waals surface area contributed by atoms with Crippen molar-refractivity contribution < 1.29 is 14.3 Å². The number of methoxy groups -OCH3 is 1. The number of ether oxygens (including phenoxy) is 1. The third-order valence-corrected chi connectivity index (χ3v) is 2.90. The Kier molecular flexibility index (Phi) is 6.91. The van der Waals surface area contributed by atoms with Crippen LogP contribution in [0.5, 0.6) is 0 Å². The molecule has 1 amide bonds. The molecule has 0 aliphatic heterocycles. The van der Waals surface area contributed by atoms with Gasteiger partial charge in [-0.2, -0.15) is 0 Å². The fraction of sp³-hybridized carbons (Fsp3) is 0.846. The average molecular weight is 258 g/mol. The topological polar surface area (TPSA) is 72.6 Å². The molecule has 0 rings (SSSR count). The Morgan fingerprint density at radius 2 is 1.89 bits per heavy atom. The number of hydrogen-bond donors (Lipinski definition) is 1. The Morgan fingerprint density at radius 1 is 1.33 bits per heavy atom. The molecule has 0 heterocycles. The molecule has 0 aliphatic carbocycles. The van der Waals surface area contributed by atoms with Crippen molar-refractivity contribution in [2.75, 3.05) is 20.2 Å². The lowest BCUT2D eigenvalue weighted by Crippen LogP contribution is -2.43. The predicted molar refractivity (Wildman–Crippen MR) is 70.9 cm³/mol. The quantitative estimate of drug-likeness (QED) is 0.726. The van der Waals surface area contributed by atoms with E-state index in [1.54, 1.807) is 0 Å². The van der Waals surface area contributed by atoms with Crippen LogP contribution >= 0.6 is 0 Å². The van der Waals surface area contributed by atoms with Crippen LogP contribution in [-0.2, 0) is 14.3 Å². The molecule has 0 fully saturated rings. The summed E-state index contributed by atoms with van der Waals surface area (Å²) in [7, 11) is 1.32. The van der Waals surface area contributed by atoms with E-state index in [0.717, 1.165) is 6.42 Å². The summed E-state index contributed by atoms with van der Waals surface area (Å²) in [5.41, 5.74) is 5.86. The lowest BCUT2D eigenvalue weighted by atomic mass is 9.85. The summed E-state index contributed by atoms with van der Waals surface area (Å²) in [6.45, 7) is 8.49. The molecule has 1 unspecified atom stereocenters. The molecule has 106 valence electrons. The lowest BCUT2D eigenvalue weighted by molar-refractivity contribution is -0.147. The molecule has 18 heavy (non-hydrogen) atoms. The summed E-state index contributed by atoms with van der Waals surface area (Å²) in [4.78, 5) is 24.8. The van der Waals surface area contributed by atoms with E-state index in [1.165, 1.54) is 12.0 Å². The molecule has 2 N–H and O–H groups in total. The number of esters is 1. The predicted octanol–water partition coefficient (Wildman–Crippen LogP) is 1.16. The highest BCUT2D eigenvalue weighted by atomic mass is 16.5. The molecule has 0 radical (unpaired) electrons. The Hall–Kier alpha value is -1.10. The minimum atomic E-state index is -0.402. The van der Waals surface area contributed by atoms with Crippen LogP contribution in [0, 0.1) is 5.41 Å². The largest absolute Gasteiger partial charge is 0.468 e. The van der Waals surface area contributed by atoms with Crippen LogP contribution in [-0.4, -0.2) is 43.0 Å². The van der Waals surface area contributed by atoms with Crippen LogP contribution in [0.3, 0.4) is 0 Å². The van der Waals surface area contributed by atoms with E-state index in [-0.39, 0.29) is 30.3 Å². The first kappa shape index (κ1) is 16.9. The second-order valence-electron chi connectivity index (χ2n) is 5.57. The van der Waals surface area contributed by atoms with Gasteiger partial charge in [-0.05, 0) is 11.8 Å². The van der Waals surface area contributed by atoms with Crippen LogP contribution in [0.15, 0.2) is 0 Å². The van der Waals surface area contributed by atoms with E-state index >= 15 is 0 Å². The molecule has 1 atom stereocenters. The van der Waals surface area contributed by atoms with Crippen molar-refractivity contribution in [3.05, 3.63) is 0 Å². The minimum absolute atomic E-state index is 0.0000359. The molecule has 0 saturated heterocycles. The molecular formula is C13H26N2O3. The Morgan fingerprint density at radius 3 is 2.28 bits per heavy atom. The molecule has 0 aromatic rings. The van der Waals surface area contributed by atoms with Crippen LogP contribution in [0.1, 0.15) is 40.5 Å². The summed E-state index contributed by atoms with van der Waals surface area (Å²) >= 11 is 0. The van der Waals surface area contributed by atoms with Gasteiger partial charge in [-0.1, -0.05) is 27.7 Å². The van der Waals surface area contributed by atoms with Gasteiger partial charge in [0.15, 0.2) is 0 Å². The Balaban J connectivity index is 4.52. The normalized spacial score (nSPS) is 13.0. The Labute approximate surface area is 110 Å². The zero-order valence-corrected chi connectivity index (χ0v) is 12.2. The van der Waals surface area contributed by atoms with Gasteiger partial charge in [0, 0.05) is 19.0 Å². The maximum atomic E-state index is 12.1. The molecule has 0 aliphatic rings. The summed E-state index contributed by atoms with van der Waals surface area (Å²) < 4.78 is 4.59. The average Bonchev–Trinajstić information content (AvgIpc) is 2.26. The van der Waals surface area contributed by atoms with Crippen molar-refractivity contribution in [1.82, 2.24) is 4.90 Å². The number of hydrogen-bond acceptors (Lipinski definition) is 4. The van der Waals surface area contributed by atoms with Gasteiger partial charge < -0.3 is 15.4 Å². The summed E-state index contributed by atoms with van der Waals surface area (Å²) in [5.74, 6) is -0.495. The van der Waals surface area contributed by atoms with Gasteiger partial charge in [-0.25, -0.2) is 0 Å². The van der Waals surface area contributed by atoms with E-state index in [4.69, 9.17) is 5.73 Å². The third-order valence-electron chi connectivity index (χ3n) is 2.90. The van der Waals surface area contributed by atoms with Crippen LogP contribution < -0.4 is 5.73 Å². The van der Waals surface area contributed by atoms with E-state index < -0.39 is 5.97 Å². The molecule has 5 heteroatoms. The number of amides is 1.